The van der Waals surface area contributed by atoms with Crippen LogP contribution in [-0.2, 0) is 0 Å². The third kappa shape index (κ3) is 5.22. The van der Waals surface area contributed by atoms with Crippen LogP contribution in [0, 0.1) is 10.1 Å². The molecular weight excluding hydrogens is 372 g/mol. The molecule has 1 N–H and O–H groups in total. The van der Waals surface area contributed by atoms with Crippen LogP contribution in [0.3, 0.4) is 0 Å². The molecule has 10 heteroatoms. The van der Waals surface area contributed by atoms with Gasteiger partial charge in [0.1, 0.15) is 0 Å². The Kier molecular flexibility index (Phi) is 6.78. The van der Waals surface area contributed by atoms with Crippen LogP contribution < -0.4 is 10.1 Å². The van der Waals surface area contributed by atoms with Crippen LogP contribution >= 0.6 is 11.8 Å². The van der Waals surface area contributed by atoms with E-state index in [4.69, 9.17) is 4.74 Å². The number of nitro groups is 1. The van der Waals surface area contributed by atoms with Gasteiger partial charge in [-0.2, -0.15) is 0 Å². The fourth-order valence-electron chi connectivity index (χ4n) is 1.92. The number of aliphatic imine (C=N–C) groups is 1. The lowest BCUT2D eigenvalue weighted by molar-refractivity contribution is -0.384. The Balaban J connectivity index is 2.25. The van der Waals surface area contributed by atoms with Crippen molar-refractivity contribution in [1.29, 1.82) is 0 Å². The van der Waals surface area contributed by atoms with E-state index in [0.717, 1.165) is 6.07 Å². The van der Waals surface area contributed by atoms with E-state index in [1.165, 1.54) is 54.5 Å². The Morgan fingerprint density at radius 1 is 1.37 bits per heavy atom. The molecule has 138 valence electrons. The van der Waals surface area contributed by atoms with Gasteiger partial charge < -0.3 is 4.74 Å². The largest absolute Gasteiger partial charge is 0.420 e. The second-order valence-corrected chi connectivity index (χ2v) is 5.62. The number of ether oxygens (including phenoxy) is 1. The standard InChI is InChI=1S/C17H14N4O5S/c1-3-18-17(27-2)20-15(22)14-13(8-5-9-19-14)26-16(23)11-6-4-7-12(10-11)21(24)25/h3-10H,1H2,2H3,(H,18,20,22). The number of amides is 1. The molecule has 1 amide bonds. The Bertz CT molecular complexity index is 929. The number of benzene rings is 1. The lowest BCUT2D eigenvalue weighted by atomic mass is 10.2. The normalized spacial score (nSPS) is 10.8. The number of carbonyl (C=O) groups excluding carboxylic acids is 2. The molecule has 27 heavy (non-hydrogen) atoms. The predicted octanol–water partition coefficient (Wildman–Crippen LogP) is 2.80. The van der Waals surface area contributed by atoms with Gasteiger partial charge in [-0.3, -0.25) is 20.2 Å². The maximum Gasteiger partial charge on any atom is 0.343 e. The van der Waals surface area contributed by atoms with Gasteiger partial charge in [0.2, 0.25) is 0 Å². The average Bonchev–Trinajstić information content (AvgIpc) is 2.68. The molecule has 0 aliphatic heterocycles. The molecule has 0 unspecified atom stereocenters. The minimum Gasteiger partial charge on any atom is -0.420 e. The van der Waals surface area contributed by atoms with E-state index in [9.17, 15) is 19.7 Å². The summed E-state index contributed by atoms with van der Waals surface area (Å²) in [6.07, 6.45) is 4.35. The zero-order valence-electron chi connectivity index (χ0n) is 14.1. The van der Waals surface area contributed by atoms with Crippen molar-refractivity contribution in [3.8, 4) is 5.75 Å². The van der Waals surface area contributed by atoms with Crippen LogP contribution in [0.5, 0.6) is 5.75 Å². The molecule has 1 aromatic heterocycles. The van der Waals surface area contributed by atoms with Crippen LogP contribution in [0.25, 0.3) is 0 Å². The first-order valence-corrected chi connectivity index (χ1v) is 8.64. The number of nitro benzene ring substituents is 1. The molecule has 2 rings (SSSR count). The molecule has 0 radical (unpaired) electrons. The fraction of sp³-hybridized carbons (Fsp3) is 0.0588. The molecule has 0 aliphatic rings. The third-order valence-electron chi connectivity index (χ3n) is 3.10. The quantitative estimate of drug-likeness (QED) is 0.275. The number of thioether (sulfide) groups is 1. The summed E-state index contributed by atoms with van der Waals surface area (Å²) < 4.78 is 5.21. The van der Waals surface area contributed by atoms with E-state index in [1.54, 1.807) is 6.26 Å². The summed E-state index contributed by atoms with van der Waals surface area (Å²) in [6.45, 7) is 3.45. The van der Waals surface area contributed by atoms with Crippen molar-refractivity contribution < 1.29 is 19.2 Å². The molecule has 9 nitrogen and oxygen atoms in total. The molecule has 0 fully saturated rings. The number of hydrogen-bond donors (Lipinski definition) is 1. The number of nitrogens with zero attached hydrogens (tertiary/aromatic N) is 3. The first-order chi connectivity index (χ1) is 13.0. The average molecular weight is 386 g/mol. The number of non-ortho nitro benzene ring substituents is 1. The van der Waals surface area contributed by atoms with Gasteiger partial charge in [0.05, 0.1) is 10.5 Å². The van der Waals surface area contributed by atoms with Gasteiger partial charge in [-0.05, 0) is 24.5 Å². The lowest BCUT2D eigenvalue weighted by Gasteiger charge is -2.10. The van der Waals surface area contributed by atoms with Crippen molar-refractivity contribution in [2.75, 3.05) is 6.26 Å². The second-order valence-electron chi connectivity index (χ2n) is 4.82. The minimum absolute atomic E-state index is 0.0302. The van der Waals surface area contributed by atoms with E-state index in [0.29, 0.717) is 0 Å². The topological polar surface area (TPSA) is 124 Å². The molecule has 0 atom stereocenters. The number of nitrogens with one attached hydrogen (secondary N) is 1. The highest BCUT2D eigenvalue weighted by molar-refractivity contribution is 8.13. The number of pyridine rings is 1. The molecular formula is C17H14N4O5S. The Hall–Kier alpha value is -3.53. The molecule has 1 heterocycles. The first-order valence-electron chi connectivity index (χ1n) is 7.42. The highest BCUT2D eigenvalue weighted by Gasteiger charge is 2.20. The Morgan fingerprint density at radius 2 is 2.15 bits per heavy atom. The Morgan fingerprint density at radius 3 is 2.81 bits per heavy atom. The van der Waals surface area contributed by atoms with Crippen molar-refractivity contribution in [3.05, 3.63) is 76.7 Å². The number of rotatable bonds is 5. The minimum atomic E-state index is -0.856. The maximum absolute atomic E-state index is 12.4. The van der Waals surface area contributed by atoms with E-state index in [-0.39, 0.29) is 27.9 Å². The zero-order valence-corrected chi connectivity index (χ0v) is 14.9. The SMILES string of the molecule is C=CN=C(NC(=O)c1ncccc1OC(=O)c1cccc([N+](=O)[O-])c1)SC. The number of hydrogen-bond acceptors (Lipinski definition) is 8. The lowest BCUT2D eigenvalue weighted by Crippen LogP contribution is -2.29. The third-order valence-corrected chi connectivity index (χ3v) is 3.70. The van der Waals surface area contributed by atoms with Crippen LogP contribution in [0.2, 0.25) is 0 Å². The van der Waals surface area contributed by atoms with Crippen molar-refractivity contribution in [1.82, 2.24) is 10.3 Å². The molecule has 0 aliphatic carbocycles. The van der Waals surface area contributed by atoms with Gasteiger partial charge in [-0.25, -0.2) is 14.8 Å². The van der Waals surface area contributed by atoms with E-state index < -0.39 is 16.8 Å². The molecule has 0 saturated carbocycles. The molecule has 0 bridgehead atoms. The summed E-state index contributed by atoms with van der Waals surface area (Å²) in [6, 6.07) is 7.94. The second kappa shape index (κ2) is 9.25. The van der Waals surface area contributed by atoms with Gasteiger partial charge >= 0.3 is 5.97 Å². The molecule has 1 aromatic carbocycles. The van der Waals surface area contributed by atoms with Crippen molar-refractivity contribution in [2.45, 2.75) is 0 Å². The van der Waals surface area contributed by atoms with Gasteiger partial charge in [0.15, 0.2) is 16.6 Å². The van der Waals surface area contributed by atoms with Crippen LogP contribution in [0.15, 0.2) is 60.4 Å². The van der Waals surface area contributed by atoms with Gasteiger partial charge in [-0.1, -0.05) is 24.4 Å². The number of amidine groups is 1. The zero-order chi connectivity index (χ0) is 19.8. The van der Waals surface area contributed by atoms with Gasteiger partial charge in [-0.15, -0.1) is 0 Å². The summed E-state index contributed by atoms with van der Waals surface area (Å²) in [7, 11) is 0. The molecule has 0 saturated heterocycles. The fourth-order valence-corrected chi connectivity index (χ4v) is 2.30. The predicted molar refractivity (Wildman–Crippen MR) is 101 cm³/mol. The highest BCUT2D eigenvalue weighted by atomic mass is 32.2. The number of esters is 1. The van der Waals surface area contributed by atoms with Crippen molar-refractivity contribution in [3.63, 3.8) is 0 Å². The highest BCUT2D eigenvalue weighted by Crippen LogP contribution is 2.19. The van der Waals surface area contributed by atoms with E-state index in [1.807, 2.05) is 0 Å². The number of aromatic nitrogens is 1. The molecule has 2 aromatic rings. The monoisotopic (exact) mass is 386 g/mol. The smallest absolute Gasteiger partial charge is 0.343 e. The van der Waals surface area contributed by atoms with Crippen LogP contribution in [0.1, 0.15) is 20.8 Å². The first kappa shape index (κ1) is 19.8. The Labute approximate surface area is 158 Å². The molecule has 0 spiro atoms. The van der Waals surface area contributed by atoms with E-state index >= 15 is 0 Å². The summed E-state index contributed by atoms with van der Waals surface area (Å²) in [4.78, 5) is 42.7. The number of carbonyl (C=O) groups is 2. The summed E-state index contributed by atoms with van der Waals surface area (Å²) in [5.74, 6) is -1.58. The van der Waals surface area contributed by atoms with E-state index in [2.05, 4.69) is 21.9 Å². The van der Waals surface area contributed by atoms with Crippen molar-refractivity contribution >= 4 is 34.5 Å². The summed E-state index contributed by atoms with van der Waals surface area (Å²) in [5.41, 5.74) is -0.418. The van der Waals surface area contributed by atoms with Gasteiger partial charge in [0.25, 0.3) is 11.6 Å². The van der Waals surface area contributed by atoms with Crippen LogP contribution in [-0.4, -0.2) is 33.2 Å². The van der Waals surface area contributed by atoms with Crippen molar-refractivity contribution in [2.24, 2.45) is 4.99 Å². The maximum atomic E-state index is 12.4. The summed E-state index contributed by atoms with van der Waals surface area (Å²) >= 11 is 1.19. The summed E-state index contributed by atoms with van der Waals surface area (Å²) in [5, 5.41) is 13.6. The van der Waals surface area contributed by atoms with Gasteiger partial charge in [0, 0.05) is 24.5 Å². The van der Waals surface area contributed by atoms with Crippen LogP contribution in [0.4, 0.5) is 5.69 Å².